The molecule has 0 radical (unpaired) electrons. The van der Waals surface area contributed by atoms with Gasteiger partial charge in [0.15, 0.2) is 0 Å². The Kier molecular flexibility index (Phi) is 4.08. The first kappa shape index (κ1) is 16.5. The average Bonchev–Trinajstić information content (AvgIpc) is 3.13. The number of hydrogen-bond donors (Lipinski definition) is 2. The molecule has 1 aromatic heterocycles. The highest BCUT2D eigenvalue weighted by molar-refractivity contribution is 9.10. The summed E-state index contributed by atoms with van der Waals surface area (Å²) in [6.45, 7) is 0.140. The Labute approximate surface area is 156 Å². The molecule has 1 aliphatic heterocycles. The first-order chi connectivity index (χ1) is 12.5. The molecular formula is C19H13BrFN3O2. The fourth-order valence-corrected chi connectivity index (χ4v) is 3.19. The lowest BCUT2D eigenvalue weighted by molar-refractivity contribution is 0.420. The number of H-pyrrole nitrogens is 1. The number of fused-ring (bicyclic) bond motifs is 1. The zero-order valence-electron chi connectivity index (χ0n) is 13.4. The lowest BCUT2D eigenvalue weighted by Gasteiger charge is -2.04. The van der Waals surface area contributed by atoms with Crippen molar-refractivity contribution in [3.8, 4) is 5.88 Å². The summed E-state index contributed by atoms with van der Waals surface area (Å²) in [5.41, 5.74) is 3.08. The molecular weight excluding hydrogens is 401 g/mol. The number of aliphatic imine (C=N–C) groups is 1. The van der Waals surface area contributed by atoms with Gasteiger partial charge in [-0.3, -0.25) is 9.56 Å². The van der Waals surface area contributed by atoms with Crippen LogP contribution in [0.1, 0.15) is 16.8 Å². The van der Waals surface area contributed by atoms with E-state index < -0.39 is 5.69 Å². The van der Waals surface area contributed by atoms with Gasteiger partial charge in [-0.15, -0.1) is 0 Å². The molecule has 0 atom stereocenters. The number of aromatic nitrogens is 2. The summed E-state index contributed by atoms with van der Waals surface area (Å²) in [7, 11) is 0. The average molecular weight is 414 g/mol. The fourth-order valence-electron chi connectivity index (χ4n) is 2.83. The highest BCUT2D eigenvalue weighted by Gasteiger charge is 2.16. The van der Waals surface area contributed by atoms with Crippen LogP contribution < -0.4 is 5.69 Å². The van der Waals surface area contributed by atoms with Crippen molar-refractivity contribution in [1.82, 2.24) is 9.55 Å². The highest BCUT2D eigenvalue weighted by atomic mass is 79.9. The molecule has 0 saturated carbocycles. The minimum Gasteiger partial charge on any atom is -0.493 e. The second-order valence-corrected chi connectivity index (χ2v) is 6.82. The van der Waals surface area contributed by atoms with E-state index in [1.54, 1.807) is 24.4 Å². The van der Waals surface area contributed by atoms with E-state index in [-0.39, 0.29) is 18.2 Å². The second-order valence-electron chi connectivity index (χ2n) is 5.90. The van der Waals surface area contributed by atoms with Crippen LogP contribution in [-0.2, 0) is 6.54 Å². The summed E-state index contributed by atoms with van der Waals surface area (Å²) in [5, 5.41) is 10.4. The van der Waals surface area contributed by atoms with Crippen molar-refractivity contribution in [3.05, 3.63) is 80.1 Å². The molecule has 0 spiro atoms. The van der Waals surface area contributed by atoms with Gasteiger partial charge in [-0.25, -0.2) is 9.18 Å². The second kappa shape index (κ2) is 6.42. The normalized spacial score (nSPS) is 14.2. The standard InChI is InChI=1S/C19H13BrFN3O2/c20-13-3-6-16-15(8-13)12(9-22-16)7-17-18(25)24(19(26)23-17)10-11-1-4-14(21)5-2-11/h1-9,25H,10H2,(H,23,26). The number of nitrogens with zero attached hydrogens (tertiary/aromatic N) is 2. The number of hydrogen-bond acceptors (Lipinski definition) is 3. The van der Waals surface area contributed by atoms with E-state index in [9.17, 15) is 14.3 Å². The van der Waals surface area contributed by atoms with E-state index in [4.69, 9.17) is 0 Å². The maximum atomic E-state index is 13.0. The van der Waals surface area contributed by atoms with Crippen molar-refractivity contribution in [1.29, 1.82) is 0 Å². The SMILES string of the molecule is O=c1[nH]c(C=C2C=Nc3ccc(Br)cc32)c(O)n1Cc1ccc(F)cc1. The fraction of sp³-hybridized carbons (Fsp3) is 0.0526. The summed E-state index contributed by atoms with van der Waals surface area (Å²) >= 11 is 3.43. The number of aromatic hydroxyl groups is 1. The van der Waals surface area contributed by atoms with Crippen LogP contribution in [0.25, 0.3) is 11.6 Å². The molecule has 26 heavy (non-hydrogen) atoms. The number of rotatable bonds is 3. The minimum atomic E-state index is -0.442. The van der Waals surface area contributed by atoms with Crippen molar-refractivity contribution in [2.45, 2.75) is 6.54 Å². The summed E-state index contributed by atoms with van der Waals surface area (Å²) in [6, 6.07) is 11.5. The van der Waals surface area contributed by atoms with Gasteiger partial charge >= 0.3 is 5.69 Å². The van der Waals surface area contributed by atoms with Crippen molar-refractivity contribution >= 4 is 39.5 Å². The quantitative estimate of drug-likeness (QED) is 0.678. The molecule has 4 rings (SSSR count). The molecule has 0 saturated heterocycles. The Morgan fingerprint density at radius 2 is 2.00 bits per heavy atom. The lowest BCUT2D eigenvalue weighted by atomic mass is 10.1. The van der Waals surface area contributed by atoms with Crippen LogP contribution in [0.2, 0.25) is 0 Å². The van der Waals surface area contributed by atoms with E-state index in [1.165, 1.54) is 16.7 Å². The topological polar surface area (TPSA) is 70.4 Å². The predicted octanol–water partition coefficient (Wildman–Crippen LogP) is 4.09. The highest BCUT2D eigenvalue weighted by Crippen LogP contribution is 2.35. The molecule has 0 aliphatic carbocycles. The Hall–Kier alpha value is -2.93. The molecule has 2 aromatic carbocycles. The largest absolute Gasteiger partial charge is 0.493 e. The first-order valence-electron chi connectivity index (χ1n) is 7.83. The van der Waals surface area contributed by atoms with Crippen LogP contribution >= 0.6 is 15.9 Å². The molecule has 2 heterocycles. The van der Waals surface area contributed by atoms with Gasteiger partial charge in [-0.05, 0) is 42.0 Å². The molecule has 7 heteroatoms. The molecule has 0 unspecified atom stereocenters. The number of nitrogens with one attached hydrogen (secondary N) is 1. The molecule has 5 nitrogen and oxygen atoms in total. The van der Waals surface area contributed by atoms with E-state index in [0.29, 0.717) is 11.3 Å². The molecule has 0 bridgehead atoms. The summed E-state index contributed by atoms with van der Waals surface area (Å²) < 4.78 is 15.1. The van der Waals surface area contributed by atoms with Crippen molar-refractivity contribution in [2.24, 2.45) is 4.99 Å². The van der Waals surface area contributed by atoms with E-state index in [0.717, 1.165) is 21.3 Å². The number of allylic oxidation sites excluding steroid dienone is 1. The van der Waals surface area contributed by atoms with E-state index >= 15 is 0 Å². The first-order valence-corrected chi connectivity index (χ1v) is 8.62. The van der Waals surface area contributed by atoms with Gasteiger partial charge in [0.05, 0.1) is 12.2 Å². The molecule has 0 amide bonds. The van der Waals surface area contributed by atoms with Gasteiger partial charge in [0.25, 0.3) is 0 Å². The minimum absolute atomic E-state index is 0.140. The zero-order valence-corrected chi connectivity index (χ0v) is 15.0. The van der Waals surface area contributed by atoms with Gasteiger partial charge < -0.3 is 10.1 Å². The van der Waals surface area contributed by atoms with Crippen LogP contribution in [0, 0.1) is 5.82 Å². The maximum absolute atomic E-state index is 13.0. The molecule has 2 N–H and O–H groups in total. The molecule has 0 fully saturated rings. The predicted molar refractivity (Wildman–Crippen MR) is 102 cm³/mol. The Balaban J connectivity index is 1.70. The lowest BCUT2D eigenvalue weighted by Crippen LogP contribution is -2.17. The third-order valence-electron chi connectivity index (χ3n) is 4.15. The van der Waals surface area contributed by atoms with Crippen molar-refractivity contribution < 1.29 is 9.50 Å². The van der Waals surface area contributed by atoms with Crippen molar-refractivity contribution in [2.75, 3.05) is 0 Å². The van der Waals surface area contributed by atoms with E-state index in [1.807, 2.05) is 18.2 Å². The number of benzene rings is 2. The smallest absolute Gasteiger partial charge is 0.329 e. The summed E-state index contributed by atoms with van der Waals surface area (Å²) in [6.07, 6.45) is 3.37. The third kappa shape index (κ3) is 3.01. The molecule has 1 aliphatic rings. The van der Waals surface area contributed by atoms with Gasteiger partial charge in [0.2, 0.25) is 5.88 Å². The van der Waals surface area contributed by atoms with Gasteiger partial charge in [-0.2, -0.15) is 0 Å². The monoisotopic (exact) mass is 413 g/mol. The molecule has 3 aromatic rings. The summed E-state index contributed by atoms with van der Waals surface area (Å²) in [5.74, 6) is -0.529. The van der Waals surface area contributed by atoms with Crippen LogP contribution in [0.3, 0.4) is 0 Å². The zero-order chi connectivity index (χ0) is 18.3. The number of imidazole rings is 1. The van der Waals surface area contributed by atoms with Gasteiger partial charge in [-0.1, -0.05) is 28.1 Å². The maximum Gasteiger partial charge on any atom is 0.329 e. The van der Waals surface area contributed by atoms with Crippen LogP contribution in [0.15, 0.2) is 56.7 Å². The van der Waals surface area contributed by atoms with Gasteiger partial charge in [0.1, 0.15) is 11.5 Å². The number of aromatic amines is 1. The van der Waals surface area contributed by atoms with Crippen LogP contribution in [0.5, 0.6) is 5.88 Å². The summed E-state index contributed by atoms with van der Waals surface area (Å²) in [4.78, 5) is 19.2. The van der Waals surface area contributed by atoms with Crippen LogP contribution in [0.4, 0.5) is 10.1 Å². The molecule has 130 valence electrons. The number of halogens is 2. The van der Waals surface area contributed by atoms with Crippen LogP contribution in [-0.4, -0.2) is 20.9 Å². The Morgan fingerprint density at radius 1 is 1.23 bits per heavy atom. The Bertz CT molecular complexity index is 1110. The Morgan fingerprint density at radius 3 is 2.77 bits per heavy atom. The van der Waals surface area contributed by atoms with E-state index in [2.05, 4.69) is 25.9 Å². The third-order valence-corrected chi connectivity index (χ3v) is 4.64. The van der Waals surface area contributed by atoms with Gasteiger partial charge in [0, 0.05) is 21.8 Å². The van der Waals surface area contributed by atoms with Crippen molar-refractivity contribution in [3.63, 3.8) is 0 Å².